The summed E-state index contributed by atoms with van der Waals surface area (Å²) in [7, 11) is -1.16. The zero-order chi connectivity index (χ0) is 23.3. The Kier molecular flexibility index (Phi) is 7.48. The van der Waals surface area contributed by atoms with Crippen LogP contribution < -0.4 is 16.6 Å². The van der Waals surface area contributed by atoms with Crippen LogP contribution in [-0.4, -0.2) is 39.0 Å². The van der Waals surface area contributed by atoms with Gasteiger partial charge in [0.25, 0.3) is 5.56 Å². The van der Waals surface area contributed by atoms with Gasteiger partial charge < -0.3 is 20.8 Å². The summed E-state index contributed by atoms with van der Waals surface area (Å²) in [6.45, 7) is 6.73. The van der Waals surface area contributed by atoms with E-state index in [1.807, 2.05) is 20.8 Å². The molecule has 0 amide bonds. The predicted molar refractivity (Wildman–Crippen MR) is 127 cm³/mol. The smallest absolute Gasteiger partial charge is 0.261 e. The highest BCUT2D eigenvalue weighted by atomic mass is 32.2. The zero-order valence-corrected chi connectivity index (χ0v) is 19.4. The molecule has 170 valence electrons. The normalized spacial score (nSPS) is 20.8. The van der Waals surface area contributed by atoms with Crippen LogP contribution in [0.5, 0.6) is 0 Å². The number of pyridine rings is 1. The fourth-order valence-electron chi connectivity index (χ4n) is 3.48. The van der Waals surface area contributed by atoms with E-state index in [-0.39, 0.29) is 33.7 Å². The molecule has 1 aromatic heterocycles. The van der Waals surface area contributed by atoms with Crippen molar-refractivity contribution in [2.24, 2.45) is 16.6 Å². The Morgan fingerprint density at radius 1 is 1.31 bits per heavy atom. The van der Waals surface area contributed by atoms with E-state index in [4.69, 9.17) is 10.5 Å². The molecule has 0 bridgehead atoms. The maximum atomic E-state index is 12.6. The molecule has 1 aliphatic heterocycles. The van der Waals surface area contributed by atoms with Gasteiger partial charge in [-0.15, -0.1) is 0 Å². The molecule has 2 unspecified atom stereocenters. The first kappa shape index (κ1) is 23.7. The van der Waals surface area contributed by atoms with Gasteiger partial charge in [-0.25, -0.2) is 4.99 Å². The minimum atomic E-state index is -1.16. The molecular formula is C23H29N5O3S. The first-order chi connectivity index (χ1) is 15.2. The molecule has 0 saturated carbocycles. The molecular weight excluding hydrogens is 426 g/mol. The lowest BCUT2D eigenvalue weighted by Gasteiger charge is -2.22. The molecule has 1 aliphatic rings. The van der Waals surface area contributed by atoms with Crippen molar-refractivity contribution < 1.29 is 8.95 Å². The number of ether oxygens (including phenoxy) is 1. The number of aliphatic imine (C=N–C) groups is 1. The van der Waals surface area contributed by atoms with Gasteiger partial charge in [-0.1, -0.05) is 0 Å². The summed E-state index contributed by atoms with van der Waals surface area (Å²) in [6.07, 6.45) is 3.06. The van der Waals surface area contributed by atoms with Gasteiger partial charge in [0, 0.05) is 22.4 Å². The molecule has 2 aromatic rings. The topological polar surface area (TPSA) is 133 Å². The van der Waals surface area contributed by atoms with E-state index in [2.05, 4.69) is 21.4 Å². The molecule has 2 heterocycles. The molecule has 8 nitrogen and oxygen atoms in total. The number of hydrogen-bond acceptors (Lipinski definition) is 6. The van der Waals surface area contributed by atoms with E-state index in [1.54, 1.807) is 30.3 Å². The Morgan fingerprint density at radius 3 is 2.69 bits per heavy atom. The fraction of sp³-hybridized carbons (Fsp3) is 0.435. The van der Waals surface area contributed by atoms with Crippen molar-refractivity contribution >= 4 is 28.0 Å². The lowest BCUT2D eigenvalue weighted by atomic mass is 9.97. The summed E-state index contributed by atoms with van der Waals surface area (Å²) in [4.78, 5) is 20.3. The summed E-state index contributed by atoms with van der Waals surface area (Å²) in [5.41, 5.74) is 7.09. The summed E-state index contributed by atoms with van der Waals surface area (Å²) in [5.74, 6) is -0.193. The van der Waals surface area contributed by atoms with E-state index in [9.17, 15) is 14.3 Å². The largest absolute Gasteiger partial charge is 0.383 e. The van der Waals surface area contributed by atoms with E-state index in [1.165, 1.54) is 6.20 Å². The van der Waals surface area contributed by atoms with Gasteiger partial charge >= 0.3 is 0 Å². The molecule has 0 aliphatic carbocycles. The standard InChI is InChI=1S/C23H29N5O3S/c1-23(2,3)32(30)17-8-6-16(7-9-17)27-21(25)20-18(10-11-26-22(20)29)28-19-14-31-12-4-5-15(19)13-24/h6-11,15,19H,4-5,12,14H2,1-3H3,(H2,25,27)(H2,26,28,29)/t15?,19-,32?/m0/s1. The van der Waals surface area contributed by atoms with Crippen molar-refractivity contribution in [3.63, 3.8) is 0 Å². The number of benzene rings is 1. The quantitative estimate of drug-likeness (QED) is 0.469. The number of H-pyrrole nitrogens is 1. The maximum absolute atomic E-state index is 12.6. The second kappa shape index (κ2) is 10.1. The molecule has 9 heteroatoms. The number of aromatic nitrogens is 1. The van der Waals surface area contributed by atoms with Crippen molar-refractivity contribution in [1.82, 2.24) is 4.98 Å². The third-order valence-electron chi connectivity index (χ3n) is 5.17. The molecule has 1 fully saturated rings. The summed E-state index contributed by atoms with van der Waals surface area (Å²) in [5, 5.41) is 12.8. The van der Waals surface area contributed by atoms with E-state index in [0.29, 0.717) is 29.5 Å². The van der Waals surface area contributed by atoms with Gasteiger partial charge in [0.2, 0.25) is 0 Å². The number of nitrogens with two attached hydrogens (primary N) is 1. The zero-order valence-electron chi connectivity index (χ0n) is 18.6. The van der Waals surface area contributed by atoms with E-state index < -0.39 is 10.8 Å². The van der Waals surface area contributed by atoms with Crippen LogP contribution in [0.3, 0.4) is 0 Å². The van der Waals surface area contributed by atoms with Crippen LogP contribution in [0.2, 0.25) is 0 Å². The molecule has 0 spiro atoms. The lowest BCUT2D eigenvalue weighted by molar-refractivity contribution is 0.136. The third kappa shape index (κ3) is 5.64. The van der Waals surface area contributed by atoms with Crippen molar-refractivity contribution in [3.05, 3.63) is 52.4 Å². The summed E-state index contributed by atoms with van der Waals surface area (Å²) in [6, 6.07) is 10.7. The number of aromatic amines is 1. The van der Waals surface area contributed by atoms with Gasteiger partial charge in [0.15, 0.2) is 0 Å². The Balaban J connectivity index is 1.89. The van der Waals surface area contributed by atoms with Crippen LogP contribution in [0.15, 0.2) is 51.2 Å². The van der Waals surface area contributed by atoms with Crippen molar-refractivity contribution in [1.29, 1.82) is 5.26 Å². The molecule has 0 radical (unpaired) electrons. The second-order valence-electron chi connectivity index (χ2n) is 8.67. The Bertz CT molecular complexity index is 1100. The minimum Gasteiger partial charge on any atom is -0.383 e. The van der Waals surface area contributed by atoms with Gasteiger partial charge in [0.1, 0.15) is 11.4 Å². The SMILES string of the molecule is CC(C)(C)S(=O)c1ccc(N=C(N)c2c(N[C@H]3COCCCC3C#N)cc[nH]c2=O)cc1. The number of nitriles is 1. The van der Waals surface area contributed by atoms with Crippen molar-refractivity contribution in [3.8, 4) is 6.07 Å². The third-order valence-corrected chi connectivity index (χ3v) is 6.98. The van der Waals surface area contributed by atoms with E-state index >= 15 is 0 Å². The van der Waals surface area contributed by atoms with Crippen molar-refractivity contribution in [2.45, 2.75) is 49.3 Å². The number of anilines is 1. The first-order valence-corrected chi connectivity index (χ1v) is 11.7. The second-order valence-corrected chi connectivity index (χ2v) is 10.9. The Labute approximate surface area is 190 Å². The Hall–Kier alpha value is -2.96. The van der Waals surface area contributed by atoms with Gasteiger partial charge in [-0.2, -0.15) is 5.26 Å². The predicted octanol–water partition coefficient (Wildman–Crippen LogP) is 3.05. The van der Waals surface area contributed by atoms with Crippen LogP contribution in [0.25, 0.3) is 0 Å². The molecule has 32 heavy (non-hydrogen) atoms. The maximum Gasteiger partial charge on any atom is 0.261 e. The summed E-state index contributed by atoms with van der Waals surface area (Å²) >= 11 is 0. The molecule has 3 atom stereocenters. The van der Waals surface area contributed by atoms with E-state index in [0.717, 1.165) is 12.8 Å². The monoisotopic (exact) mass is 455 g/mol. The van der Waals surface area contributed by atoms with Gasteiger partial charge in [0.05, 0.1) is 46.8 Å². The number of nitrogens with one attached hydrogen (secondary N) is 2. The average molecular weight is 456 g/mol. The number of hydrogen-bond donors (Lipinski definition) is 3. The molecule has 1 saturated heterocycles. The molecule has 4 N–H and O–H groups in total. The van der Waals surface area contributed by atoms with Crippen molar-refractivity contribution in [2.75, 3.05) is 18.5 Å². The van der Waals surface area contributed by atoms with Gasteiger partial charge in [-0.3, -0.25) is 9.00 Å². The van der Waals surface area contributed by atoms with Crippen LogP contribution >= 0.6 is 0 Å². The number of rotatable bonds is 5. The summed E-state index contributed by atoms with van der Waals surface area (Å²) < 4.78 is 17.8. The highest BCUT2D eigenvalue weighted by Crippen LogP contribution is 2.24. The number of nitrogens with zero attached hydrogens (tertiary/aromatic N) is 2. The van der Waals surface area contributed by atoms with Crippen LogP contribution in [0.1, 0.15) is 39.2 Å². The lowest BCUT2D eigenvalue weighted by Crippen LogP contribution is -2.34. The highest BCUT2D eigenvalue weighted by Gasteiger charge is 2.26. The average Bonchev–Trinajstić information content (AvgIpc) is 2.98. The number of amidine groups is 1. The van der Waals surface area contributed by atoms with Crippen LogP contribution in [0.4, 0.5) is 11.4 Å². The highest BCUT2D eigenvalue weighted by molar-refractivity contribution is 7.86. The first-order valence-electron chi connectivity index (χ1n) is 10.5. The van der Waals surface area contributed by atoms with Crippen LogP contribution in [-0.2, 0) is 15.5 Å². The van der Waals surface area contributed by atoms with Gasteiger partial charge in [-0.05, 0) is 63.9 Å². The molecule has 3 rings (SSSR count). The van der Waals surface area contributed by atoms with Crippen LogP contribution in [0, 0.1) is 17.2 Å². The fourth-order valence-corrected chi connectivity index (χ4v) is 4.57. The minimum absolute atomic E-state index is 0.0436. The Morgan fingerprint density at radius 2 is 2.03 bits per heavy atom. The molecule has 1 aromatic carbocycles.